The molecule has 2 unspecified atom stereocenters. The van der Waals surface area contributed by atoms with Gasteiger partial charge in [-0.3, -0.25) is 4.79 Å². The SMILES string of the molecule is O=C(Nc1ccc2ccccc2c1)C(P)c1cn(CC=Cc2ccccc2)c2ccccc12. The summed E-state index contributed by atoms with van der Waals surface area (Å²) in [5.74, 6) is -0.0435. The fourth-order valence-electron chi connectivity index (χ4n) is 4.17. The normalized spacial score (nSPS) is 12.4. The molecule has 2 atom stereocenters. The zero-order valence-electron chi connectivity index (χ0n) is 18.2. The van der Waals surface area contributed by atoms with Crippen LogP contribution in [0.1, 0.15) is 16.8 Å². The lowest BCUT2D eigenvalue weighted by Gasteiger charge is -2.12. The van der Waals surface area contributed by atoms with Gasteiger partial charge in [-0.05, 0) is 40.1 Å². The first-order valence-electron chi connectivity index (χ1n) is 11.0. The Labute approximate surface area is 196 Å². The predicted octanol–water partition coefficient (Wildman–Crippen LogP) is 7.06. The minimum atomic E-state index is -0.360. The number of nitrogens with one attached hydrogen (secondary N) is 1. The van der Waals surface area contributed by atoms with Crippen LogP contribution >= 0.6 is 9.24 Å². The molecule has 1 N–H and O–H groups in total. The molecule has 0 radical (unpaired) electrons. The van der Waals surface area contributed by atoms with Crippen molar-refractivity contribution >= 4 is 48.6 Å². The lowest BCUT2D eigenvalue weighted by molar-refractivity contribution is -0.115. The first-order valence-corrected chi connectivity index (χ1v) is 11.7. The molecule has 0 saturated heterocycles. The number of amides is 1. The number of aromatic nitrogens is 1. The highest BCUT2D eigenvalue weighted by Crippen LogP contribution is 2.33. The lowest BCUT2D eigenvalue weighted by Crippen LogP contribution is -2.16. The van der Waals surface area contributed by atoms with Gasteiger partial charge in [-0.15, -0.1) is 9.24 Å². The number of para-hydroxylation sites is 1. The topological polar surface area (TPSA) is 34.0 Å². The van der Waals surface area contributed by atoms with Crippen LogP contribution in [0.4, 0.5) is 5.69 Å². The summed E-state index contributed by atoms with van der Waals surface area (Å²) in [4.78, 5) is 13.1. The fourth-order valence-corrected chi connectivity index (χ4v) is 4.52. The van der Waals surface area contributed by atoms with E-state index in [9.17, 15) is 4.79 Å². The average molecular weight is 449 g/mol. The number of anilines is 1. The molecule has 3 nitrogen and oxygen atoms in total. The second-order valence-corrected chi connectivity index (χ2v) is 8.76. The standard InChI is InChI=1S/C29H25N2OP/c32-29(30-24-17-16-22-12-4-5-13-23(22)19-24)28(33)26-20-31(27-15-7-6-14-25(26)27)18-8-11-21-9-2-1-3-10-21/h1-17,19-20,28H,18,33H2,(H,30,32). The number of benzene rings is 4. The molecule has 1 heterocycles. The van der Waals surface area contributed by atoms with Gasteiger partial charge in [0.1, 0.15) is 0 Å². The Bertz CT molecular complexity index is 1450. The third kappa shape index (κ3) is 4.60. The van der Waals surface area contributed by atoms with Gasteiger partial charge in [0.2, 0.25) is 5.91 Å². The molecule has 162 valence electrons. The van der Waals surface area contributed by atoms with Gasteiger partial charge in [0.25, 0.3) is 0 Å². The van der Waals surface area contributed by atoms with Crippen molar-refractivity contribution in [2.24, 2.45) is 0 Å². The summed E-state index contributed by atoms with van der Waals surface area (Å²) in [5.41, 5.74) is 3.74. The van der Waals surface area contributed by atoms with Gasteiger partial charge in [-0.2, -0.15) is 0 Å². The van der Waals surface area contributed by atoms with Gasteiger partial charge in [0.15, 0.2) is 0 Å². The van der Waals surface area contributed by atoms with Gasteiger partial charge in [-0.1, -0.05) is 91.0 Å². The van der Waals surface area contributed by atoms with Gasteiger partial charge in [0, 0.05) is 29.3 Å². The molecular formula is C29H25N2OP. The van der Waals surface area contributed by atoms with Crippen LogP contribution in [0.25, 0.3) is 27.8 Å². The van der Waals surface area contributed by atoms with E-state index in [4.69, 9.17) is 0 Å². The van der Waals surface area contributed by atoms with E-state index >= 15 is 0 Å². The van der Waals surface area contributed by atoms with Gasteiger partial charge in [0.05, 0.1) is 5.66 Å². The van der Waals surface area contributed by atoms with E-state index in [2.05, 4.69) is 73.9 Å². The Balaban J connectivity index is 1.38. The number of nitrogens with zero attached hydrogens (tertiary/aromatic N) is 1. The Morgan fingerprint density at radius 1 is 0.879 bits per heavy atom. The van der Waals surface area contributed by atoms with E-state index in [-0.39, 0.29) is 11.6 Å². The fraction of sp³-hybridized carbons (Fsp3) is 0.0690. The number of fused-ring (bicyclic) bond motifs is 2. The van der Waals surface area contributed by atoms with E-state index < -0.39 is 0 Å². The largest absolute Gasteiger partial charge is 0.343 e. The maximum absolute atomic E-state index is 13.1. The van der Waals surface area contributed by atoms with Crippen LogP contribution in [0.3, 0.4) is 0 Å². The Hall–Kier alpha value is -3.68. The maximum Gasteiger partial charge on any atom is 0.235 e. The zero-order chi connectivity index (χ0) is 22.6. The molecular weight excluding hydrogens is 423 g/mol. The third-order valence-electron chi connectivity index (χ3n) is 5.87. The summed E-state index contributed by atoms with van der Waals surface area (Å²) >= 11 is 0. The number of hydrogen-bond donors (Lipinski definition) is 1. The summed E-state index contributed by atoms with van der Waals surface area (Å²) in [5, 5.41) is 6.45. The smallest absolute Gasteiger partial charge is 0.235 e. The molecule has 0 saturated carbocycles. The summed E-state index contributed by atoms with van der Waals surface area (Å²) in [7, 11) is 2.72. The summed E-state index contributed by atoms with van der Waals surface area (Å²) in [6, 6.07) is 32.7. The zero-order valence-corrected chi connectivity index (χ0v) is 19.3. The highest BCUT2D eigenvalue weighted by molar-refractivity contribution is 7.19. The molecule has 5 aromatic rings. The van der Waals surface area contributed by atoms with Crippen LogP contribution in [-0.4, -0.2) is 10.5 Å². The van der Waals surface area contributed by atoms with E-state index in [0.29, 0.717) is 0 Å². The van der Waals surface area contributed by atoms with Crippen molar-refractivity contribution in [1.29, 1.82) is 0 Å². The number of hydrogen-bond acceptors (Lipinski definition) is 1. The molecule has 0 fully saturated rings. The molecule has 5 rings (SSSR count). The van der Waals surface area contributed by atoms with Crippen molar-refractivity contribution in [3.63, 3.8) is 0 Å². The van der Waals surface area contributed by atoms with Crippen LogP contribution in [0.2, 0.25) is 0 Å². The average Bonchev–Trinajstić information content (AvgIpc) is 3.23. The van der Waals surface area contributed by atoms with Gasteiger partial charge in [-0.25, -0.2) is 0 Å². The minimum absolute atomic E-state index is 0.0435. The Morgan fingerprint density at radius 3 is 2.45 bits per heavy atom. The van der Waals surface area contributed by atoms with Crippen molar-refractivity contribution in [1.82, 2.24) is 4.57 Å². The van der Waals surface area contributed by atoms with E-state index in [0.717, 1.165) is 39.5 Å². The highest BCUT2D eigenvalue weighted by Gasteiger charge is 2.20. The minimum Gasteiger partial charge on any atom is -0.343 e. The maximum atomic E-state index is 13.1. The summed E-state index contributed by atoms with van der Waals surface area (Å²) in [6.07, 6.45) is 6.37. The molecule has 4 heteroatoms. The summed E-state index contributed by atoms with van der Waals surface area (Å²) < 4.78 is 2.20. The number of allylic oxidation sites excluding steroid dienone is 1. The van der Waals surface area contributed by atoms with Crippen LogP contribution in [-0.2, 0) is 11.3 Å². The second-order valence-electron chi connectivity index (χ2n) is 8.10. The van der Waals surface area contributed by atoms with Gasteiger partial charge >= 0.3 is 0 Å². The van der Waals surface area contributed by atoms with Crippen molar-refractivity contribution in [3.8, 4) is 0 Å². The van der Waals surface area contributed by atoms with E-state index in [1.807, 2.05) is 60.7 Å². The first kappa shape index (κ1) is 21.2. The third-order valence-corrected chi connectivity index (χ3v) is 6.53. The van der Waals surface area contributed by atoms with Crippen molar-refractivity contribution in [3.05, 3.63) is 120 Å². The van der Waals surface area contributed by atoms with Crippen LogP contribution in [0, 0.1) is 0 Å². The molecule has 0 spiro atoms. The summed E-state index contributed by atoms with van der Waals surface area (Å²) in [6.45, 7) is 0.735. The van der Waals surface area contributed by atoms with Crippen molar-refractivity contribution in [2.75, 3.05) is 5.32 Å². The lowest BCUT2D eigenvalue weighted by atomic mass is 10.1. The molecule has 1 aromatic heterocycles. The van der Waals surface area contributed by atoms with Crippen molar-refractivity contribution in [2.45, 2.75) is 12.2 Å². The quantitative estimate of drug-likeness (QED) is 0.277. The Morgan fingerprint density at radius 2 is 1.61 bits per heavy atom. The Kier molecular flexibility index (Phi) is 6.06. The van der Waals surface area contributed by atoms with Crippen LogP contribution in [0.5, 0.6) is 0 Å². The van der Waals surface area contributed by atoms with Crippen LogP contribution in [0.15, 0.2) is 109 Å². The second kappa shape index (κ2) is 9.44. The molecule has 0 aliphatic rings. The number of carbonyl (C=O) groups is 1. The van der Waals surface area contributed by atoms with Gasteiger partial charge < -0.3 is 9.88 Å². The number of rotatable bonds is 6. The molecule has 33 heavy (non-hydrogen) atoms. The molecule has 0 aliphatic carbocycles. The molecule has 1 amide bonds. The molecule has 4 aromatic carbocycles. The van der Waals surface area contributed by atoms with E-state index in [1.165, 1.54) is 5.56 Å². The highest BCUT2D eigenvalue weighted by atomic mass is 31.0. The molecule has 0 bridgehead atoms. The first-order chi connectivity index (χ1) is 16.2. The molecule has 0 aliphatic heterocycles. The van der Waals surface area contributed by atoms with Crippen molar-refractivity contribution < 1.29 is 4.79 Å². The number of carbonyl (C=O) groups excluding carboxylic acids is 1. The van der Waals surface area contributed by atoms with E-state index in [1.54, 1.807) is 0 Å². The van der Waals surface area contributed by atoms with Crippen LogP contribution < -0.4 is 5.32 Å². The predicted molar refractivity (Wildman–Crippen MR) is 142 cm³/mol. The monoisotopic (exact) mass is 448 g/mol.